The van der Waals surface area contributed by atoms with E-state index < -0.39 is 0 Å². The Morgan fingerprint density at radius 1 is 1.17 bits per heavy atom. The Balaban J connectivity index is 1.92. The third-order valence-electron chi connectivity index (χ3n) is 5.12. The topological polar surface area (TPSA) is 55.4 Å². The first-order valence-electron chi connectivity index (χ1n) is 6.84. The third kappa shape index (κ3) is 1.65. The molecule has 4 rings (SSSR count). The van der Waals surface area contributed by atoms with Crippen molar-refractivity contribution in [1.29, 1.82) is 0 Å². The molecular formula is C14H21NO3. The normalized spacial score (nSPS) is 44.8. The first-order valence-corrected chi connectivity index (χ1v) is 6.84. The van der Waals surface area contributed by atoms with E-state index in [-0.39, 0.29) is 22.8 Å². The van der Waals surface area contributed by atoms with Crippen molar-refractivity contribution in [3.8, 4) is 0 Å². The Labute approximate surface area is 107 Å². The molecule has 4 aliphatic carbocycles. The van der Waals surface area contributed by atoms with Crippen molar-refractivity contribution in [2.45, 2.75) is 51.0 Å². The molecule has 1 N–H and O–H groups in total. The molecule has 0 aromatic rings. The van der Waals surface area contributed by atoms with Crippen molar-refractivity contribution < 1.29 is 14.3 Å². The van der Waals surface area contributed by atoms with Gasteiger partial charge in [-0.1, -0.05) is 0 Å². The van der Waals surface area contributed by atoms with Gasteiger partial charge in [0.05, 0.1) is 12.5 Å². The van der Waals surface area contributed by atoms with Gasteiger partial charge in [0.2, 0.25) is 5.91 Å². The molecule has 2 atom stereocenters. The van der Waals surface area contributed by atoms with Crippen LogP contribution < -0.4 is 5.32 Å². The Hall–Kier alpha value is -1.06. The third-order valence-corrected chi connectivity index (χ3v) is 5.12. The average molecular weight is 251 g/mol. The SMILES string of the molecule is COC(=O)C12C[C@@H]3C[C@H](CC(NC(C)=O)(C3)C1)C2. The van der Waals surface area contributed by atoms with Gasteiger partial charge in [-0.15, -0.1) is 0 Å². The van der Waals surface area contributed by atoms with Gasteiger partial charge in [-0.05, 0) is 50.4 Å². The van der Waals surface area contributed by atoms with E-state index >= 15 is 0 Å². The minimum Gasteiger partial charge on any atom is -0.469 e. The molecule has 100 valence electrons. The highest BCUT2D eigenvalue weighted by molar-refractivity contribution is 5.79. The lowest BCUT2D eigenvalue weighted by molar-refractivity contribution is -0.173. The Bertz CT molecular complexity index is 390. The molecule has 4 saturated carbocycles. The maximum Gasteiger partial charge on any atom is 0.311 e. The minimum absolute atomic E-state index is 0.0250. The van der Waals surface area contributed by atoms with Crippen molar-refractivity contribution in [2.24, 2.45) is 17.3 Å². The quantitative estimate of drug-likeness (QED) is 0.759. The Kier molecular flexibility index (Phi) is 2.48. The van der Waals surface area contributed by atoms with Crippen LogP contribution in [0.15, 0.2) is 0 Å². The summed E-state index contributed by atoms with van der Waals surface area (Å²) >= 11 is 0. The molecule has 4 bridgehead atoms. The van der Waals surface area contributed by atoms with Crippen molar-refractivity contribution in [3.63, 3.8) is 0 Å². The molecule has 4 fully saturated rings. The summed E-state index contributed by atoms with van der Waals surface area (Å²) in [7, 11) is 1.48. The van der Waals surface area contributed by atoms with Crippen molar-refractivity contribution in [3.05, 3.63) is 0 Å². The zero-order valence-electron chi connectivity index (χ0n) is 11.1. The molecule has 4 heteroatoms. The summed E-state index contributed by atoms with van der Waals surface area (Å²) < 4.78 is 5.03. The maximum atomic E-state index is 12.2. The Morgan fingerprint density at radius 3 is 2.28 bits per heavy atom. The van der Waals surface area contributed by atoms with Crippen LogP contribution in [-0.4, -0.2) is 24.5 Å². The van der Waals surface area contributed by atoms with Crippen LogP contribution in [0, 0.1) is 17.3 Å². The number of methoxy groups -OCH3 is 1. The molecule has 0 aliphatic heterocycles. The largest absolute Gasteiger partial charge is 0.469 e. The number of hydrogen-bond acceptors (Lipinski definition) is 3. The first-order chi connectivity index (χ1) is 8.47. The fraction of sp³-hybridized carbons (Fsp3) is 0.857. The fourth-order valence-electron chi connectivity index (χ4n) is 5.24. The highest BCUT2D eigenvalue weighted by Gasteiger charge is 2.61. The van der Waals surface area contributed by atoms with Gasteiger partial charge in [-0.25, -0.2) is 0 Å². The summed E-state index contributed by atoms with van der Waals surface area (Å²) in [6, 6.07) is 0. The van der Waals surface area contributed by atoms with Gasteiger partial charge in [0.25, 0.3) is 0 Å². The van der Waals surface area contributed by atoms with Gasteiger partial charge in [-0.3, -0.25) is 9.59 Å². The van der Waals surface area contributed by atoms with Crippen LogP contribution in [0.5, 0.6) is 0 Å². The molecule has 0 radical (unpaired) electrons. The first kappa shape index (κ1) is 12.0. The molecule has 4 aliphatic rings. The zero-order valence-corrected chi connectivity index (χ0v) is 11.1. The van der Waals surface area contributed by atoms with Gasteiger partial charge in [-0.2, -0.15) is 0 Å². The van der Waals surface area contributed by atoms with Crippen LogP contribution >= 0.6 is 0 Å². The summed E-state index contributed by atoms with van der Waals surface area (Å²) in [5, 5.41) is 3.14. The number of esters is 1. The zero-order chi connectivity index (χ0) is 13.0. The lowest BCUT2D eigenvalue weighted by atomic mass is 9.47. The maximum absolute atomic E-state index is 12.2. The van der Waals surface area contributed by atoms with Crippen molar-refractivity contribution >= 4 is 11.9 Å². The number of carbonyl (C=O) groups is 2. The number of amides is 1. The number of rotatable bonds is 2. The van der Waals surface area contributed by atoms with Gasteiger partial charge in [0.15, 0.2) is 0 Å². The molecule has 0 heterocycles. The van der Waals surface area contributed by atoms with E-state index in [1.165, 1.54) is 13.5 Å². The molecule has 0 unspecified atom stereocenters. The average Bonchev–Trinajstić information content (AvgIpc) is 2.24. The second kappa shape index (κ2) is 3.72. The van der Waals surface area contributed by atoms with Gasteiger partial charge < -0.3 is 10.1 Å². The molecule has 0 spiro atoms. The van der Waals surface area contributed by atoms with Crippen LogP contribution in [0.4, 0.5) is 0 Å². The second-order valence-corrected chi connectivity index (χ2v) is 6.69. The molecule has 0 aromatic carbocycles. The van der Waals surface area contributed by atoms with E-state index in [4.69, 9.17) is 4.74 Å². The predicted octanol–water partition coefficient (Wildman–Crippen LogP) is 1.63. The number of ether oxygens (including phenoxy) is 1. The number of carbonyl (C=O) groups excluding carboxylic acids is 2. The molecule has 0 saturated heterocycles. The molecule has 18 heavy (non-hydrogen) atoms. The summed E-state index contributed by atoms with van der Waals surface area (Å²) in [6.07, 6.45) is 6.00. The van der Waals surface area contributed by atoms with Crippen LogP contribution in [0.1, 0.15) is 45.4 Å². The van der Waals surface area contributed by atoms with E-state index in [9.17, 15) is 9.59 Å². The summed E-state index contributed by atoms with van der Waals surface area (Å²) in [5.74, 6) is 1.12. The molecule has 1 amide bonds. The van der Waals surface area contributed by atoms with E-state index in [2.05, 4.69) is 5.32 Å². The van der Waals surface area contributed by atoms with Gasteiger partial charge in [0, 0.05) is 12.5 Å². The van der Waals surface area contributed by atoms with E-state index in [0.717, 1.165) is 32.1 Å². The Morgan fingerprint density at radius 2 is 1.78 bits per heavy atom. The van der Waals surface area contributed by atoms with Crippen molar-refractivity contribution in [1.82, 2.24) is 5.32 Å². The van der Waals surface area contributed by atoms with Crippen LogP contribution in [-0.2, 0) is 14.3 Å². The van der Waals surface area contributed by atoms with Crippen LogP contribution in [0.3, 0.4) is 0 Å². The molecule has 4 nitrogen and oxygen atoms in total. The predicted molar refractivity (Wildman–Crippen MR) is 65.7 cm³/mol. The van der Waals surface area contributed by atoms with Crippen LogP contribution in [0.25, 0.3) is 0 Å². The van der Waals surface area contributed by atoms with E-state index in [1.807, 2.05) is 0 Å². The second-order valence-electron chi connectivity index (χ2n) is 6.69. The highest BCUT2D eigenvalue weighted by atomic mass is 16.5. The lowest BCUT2D eigenvalue weighted by Crippen LogP contribution is -2.64. The highest BCUT2D eigenvalue weighted by Crippen LogP contribution is 2.61. The monoisotopic (exact) mass is 251 g/mol. The standard InChI is InChI=1S/C14H21NO3/c1-9(16)15-14-6-10-3-11(7-14)5-13(4-10,8-14)12(17)18-2/h10-11H,3-8H2,1-2H3,(H,15,16)/t10-,11-,13?,14?/m0/s1. The van der Waals surface area contributed by atoms with Gasteiger partial charge >= 0.3 is 5.97 Å². The fourth-order valence-corrected chi connectivity index (χ4v) is 5.24. The van der Waals surface area contributed by atoms with Crippen LogP contribution in [0.2, 0.25) is 0 Å². The smallest absolute Gasteiger partial charge is 0.311 e. The van der Waals surface area contributed by atoms with Gasteiger partial charge in [0.1, 0.15) is 0 Å². The summed E-state index contributed by atoms with van der Waals surface area (Å²) in [5.41, 5.74) is -0.453. The molecule has 0 aromatic heterocycles. The number of nitrogens with one attached hydrogen (secondary N) is 1. The molecular weight excluding hydrogens is 230 g/mol. The summed E-state index contributed by atoms with van der Waals surface area (Å²) in [6.45, 7) is 1.57. The number of hydrogen-bond donors (Lipinski definition) is 1. The van der Waals surface area contributed by atoms with Crippen molar-refractivity contribution in [2.75, 3.05) is 7.11 Å². The summed E-state index contributed by atoms with van der Waals surface area (Å²) in [4.78, 5) is 23.6. The van der Waals surface area contributed by atoms with E-state index in [1.54, 1.807) is 6.92 Å². The van der Waals surface area contributed by atoms with E-state index in [0.29, 0.717) is 11.8 Å². The lowest BCUT2D eigenvalue weighted by Gasteiger charge is -2.60. The minimum atomic E-state index is -0.318.